The first kappa shape index (κ1) is 23.4. The maximum absolute atomic E-state index is 12.7. The van der Waals surface area contributed by atoms with Crippen LogP contribution in [0.3, 0.4) is 0 Å². The number of halogens is 1. The number of rotatable bonds is 6. The molecule has 0 unspecified atom stereocenters. The fraction of sp³-hybridized carbons (Fsp3) is 0.300. The molecule has 0 bridgehead atoms. The van der Waals surface area contributed by atoms with Crippen LogP contribution >= 0.6 is 22.6 Å². The number of aromatic hydroxyl groups is 1. The molecule has 3 N–H and O–H groups in total. The minimum absolute atomic E-state index is 0.0457. The molecule has 2 heterocycles. The van der Waals surface area contributed by atoms with Gasteiger partial charge < -0.3 is 20.2 Å². The van der Waals surface area contributed by atoms with E-state index in [1.807, 2.05) is 24.3 Å². The molecule has 2 amide bonds. The summed E-state index contributed by atoms with van der Waals surface area (Å²) < 4.78 is 7.22. The van der Waals surface area contributed by atoms with E-state index < -0.39 is 34.4 Å². The molecule has 0 saturated heterocycles. The maximum atomic E-state index is 12.7. The Kier molecular flexibility index (Phi) is 6.62. The Morgan fingerprint density at radius 2 is 1.84 bits per heavy atom. The summed E-state index contributed by atoms with van der Waals surface area (Å²) in [5.41, 5.74) is -1.66. The van der Waals surface area contributed by atoms with Gasteiger partial charge in [0.05, 0.1) is 5.54 Å². The summed E-state index contributed by atoms with van der Waals surface area (Å²) in [6.45, 7) is 4.89. The number of aryl methyl sites for hydroxylation is 1. The van der Waals surface area contributed by atoms with Crippen LogP contribution in [-0.2, 0) is 19.1 Å². The molecule has 0 fully saturated rings. The van der Waals surface area contributed by atoms with Crippen molar-refractivity contribution in [2.24, 2.45) is 7.05 Å². The standard InChI is InChI=1S/C20H21IN6O5/c1-10-25-26-17(32-10)16(30)24-20(2,3)19-23-13(14(28)18(31)27(19)4)15(29)22-9-11-5-7-12(21)8-6-11/h5-8,28H,9H2,1-4H3,(H,22,29)(H,24,30). The van der Waals surface area contributed by atoms with Crippen LogP contribution in [0.5, 0.6) is 5.75 Å². The van der Waals surface area contributed by atoms with Gasteiger partial charge in [-0.2, -0.15) is 0 Å². The number of nitrogens with zero attached hydrogens (tertiary/aromatic N) is 4. The van der Waals surface area contributed by atoms with Gasteiger partial charge in [-0.15, -0.1) is 10.2 Å². The summed E-state index contributed by atoms with van der Waals surface area (Å²) in [4.78, 5) is 41.9. The quantitative estimate of drug-likeness (QED) is 0.388. The lowest BCUT2D eigenvalue weighted by atomic mass is 10.0. The molecule has 1 aromatic carbocycles. The molecule has 11 nitrogen and oxygen atoms in total. The van der Waals surface area contributed by atoms with Crippen LogP contribution in [0.4, 0.5) is 0 Å². The van der Waals surface area contributed by atoms with Gasteiger partial charge in [0, 0.05) is 24.1 Å². The van der Waals surface area contributed by atoms with E-state index in [2.05, 4.69) is 48.4 Å². The van der Waals surface area contributed by atoms with Gasteiger partial charge in [0.2, 0.25) is 11.6 Å². The van der Waals surface area contributed by atoms with Gasteiger partial charge in [-0.05, 0) is 54.1 Å². The first-order valence-electron chi connectivity index (χ1n) is 9.45. The average Bonchev–Trinajstić information content (AvgIpc) is 3.17. The minimum atomic E-state index is -1.23. The first-order chi connectivity index (χ1) is 15.0. The molecular weight excluding hydrogens is 531 g/mol. The molecule has 0 saturated carbocycles. The highest BCUT2D eigenvalue weighted by molar-refractivity contribution is 14.1. The van der Waals surface area contributed by atoms with Gasteiger partial charge >= 0.3 is 11.8 Å². The van der Waals surface area contributed by atoms with E-state index in [4.69, 9.17) is 4.42 Å². The third-order valence-corrected chi connectivity index (χ3v) is 5.27. The number of hydrogen-bond acceptors (Lipinski definition) is 8. The van der Waals surface area contributed by atoms with Crippen molar-refractivity contribution >= 4 is 34.4 Å². The van der Waals surface area contributed by atoms with E-state index in [1.165, 1.54) is 7.05 Å². The zero-order valence-corrected chi connectivity index (χ0v) is 19.9. The zero-order valence-electron chi connectivity index (χ0n) is 17.8. The third kappa shape index (κ3) is 4.95. The van der Waals surface area contributed by atoms with Crippen molar-refractivity contribution < 1.29 is 19.1 Å². The lowest BCUT2D eigenvalue weighted by molar-refractivity contribution is 0.0869. The summed E-state index contributed by atoms with van der Waals surface area (Å²) in [5, 5.41) is 22.8. The summed E-state index contributed by atoms with van der Waals surface area (Å²) in [7, 11) is 1.38. The second-order valence-corrected chi connectivity index (χ2v) is 8.76. The van der Waals surface area contributed by atoms with E-state index >= 15 is 0 Å². The fourth-order valence-electron chi connectivity index (χ4n) is 2.96. The molecule has 32 heavy (non-hydrogen) atoms. The van der Waals surface area contributed by atoms with Crippen molar-refractivity contribution in [3.8, 4) is 5.75 Å². The molecule has 0 spiro atoms. The number of hydrogen-bond donors (Lipinski definition) is 3. The second-order valence-electron chi connectivity index (χ2n) is 7.51. The van der Waals surface area contributed by atoms with Crippen LogP contribution in [-0.4, -0.2) is 36.7 Å². The SMILES string of the molecule is Cc1nnc(C(=O)NC(C)(C)c2nc(C(=O)NCc3ccc(I)cc3)c(O)c(=O)n2C)o1. The van der Waals surface area contributed by atoms with Gasteiger partial charge in [0.15, 0.2) is 5.69 Å². The first-order valence-corrected chi connectivity index (χ1v) is 10.5. The van der Waals surface area contributed by atoms with Gasteiger partial charge in [0.25, 0.3) is 11.5 Å². The lowest BCUT2D eigenvalue weighted by Crippen LogP contribution is -2.46. The smallest absolute Gasteiger partial charge is 0.309 e. The Bertz CT molecular complexity index is 1230. The van der Waals surface area contributed by atoms with Crippen LogP contribution in [0.15, 0.2) is 33.5 Å². The molecule has 2 aromatic heterocycles. The van der Waals surface area contributed by atoms with Gasteiger partial charge in [-0.1, -0.05) is 12.1 Å². The fourth-order valence-corrected chi connectivity index (χ4v) is 3.32. The van der Waals surface area contributed by atoms with Crippen molar-refractivity contribution in [3.05, 3.63) is 67.1 Å². The Hall–Kier alpha value is -3.29. The van der Waals surface area contributed by atoms with Crippen molar-refractivity contribution in [2.75, 3.05) is 0 Å². The lowest BCUT2D eigenvalue weighted by Gasteiger charge is -2.27. The molecular formula is C20H21IN6O5. The number of carbonyl (C=O) groups is 2. The van der Waals surface area contributed by atoms with E-state index in [1.54, 1.807) is 20.8 Å². The van der Waals surface area contributed by atoms with Crippen LogP contribution in [0.2, 0.25) is 0 Å². The number of aromatic nitrogens is 4. The van der Waals surface area contributed by atoms with Gasteiger partial charge in [-0.3, -0.25) is 19.0 Å². The van der Waals surface area contributed by atoms with Crippen LogP contribution in [0.25, 0.3) is 0 Å². The number of carbonyl (C=O) groups excluding carboxylic acids is 2. The van der Waals surface area contributed by atoms with E-state index in [-0.39, 0.29) is 24.2 Å². The number of nitrogens with one attached hydrogen (secondary N) is 2. The largest absolute Gasteiger partial charge is 0.501 e. The molecule has 0 aliphatic heterocycles. The predicted octanol–water partition coefficient (Wildman–Crippen LogP) is 1.38. The molecule has 3 rings (SSSR count). The number of benzene rings is 1. The van der Waals surface area contributed by atoms with Crippen molar-refractivity contribution in [3.63, 3.8) is 0 Å². The molecule has 3 aromatic rings. The minimum Gasteiger partial charge on any atom is -0.501 e. The van der Waals surface area contributed by atoms with E-state index in [0.717, 1.165) is 13.7 Å². The van der Waals surface area contributed by atoms with Crippen LogP contribution in [0, 0.1) is 10.5 Å². The predicted molar refractivity (Wildman–Crippen MR) is 121 cm³/mol. The molecule has 168 valence electrons. The molecule has 0 aliphatic carbocycles. The highest BCUT2D eigenvalue weighted by Crippen LogP contribution is 2.20. The Labute approximate surface area is 196 Å². The third-order valence-electron chi connectivity index (χ3n) is 4.55. The van der Waals surface area contributed by atoms with Crippen LogP contribution < -0.4 is 16.2 Å². The highest BCUT2D eigenvalue weighted by Gasteiger charge is 2.32. The Morgan fingerprint density at radius 3 is 2.44 bits per heavy atom. The van der Waals surface area contributed by atoms with E-state index in [0.29, 0.717) is 0 Å². The normalized spacial score (nSPS) is 11.3. The average molecular weight is 552 g/mol. The Balaban J connectivity index is 1.88. The summed E-state index contributed by atoms with van der Waals surface area (Å²) in [6, 6.07) is 7.49. The highest BCUT2D eigenvalue weighted by atomic mass is 127. The number of amides is 2. The van der Waals surface area contributed by atoms with Gasteiger partial charge in [-0.25, -0.2) is 4.98 Å². The zero-order chi connectivity index (χ0) is 23.6. The summed E-state index contributed by atoms with van der Waals surface area (Å²) >= 11 is 2.17. The van der Waals surface area contributed by atoms with Crippen molar-refractivity contribution in [1.82, 2.24) is 30.4 Å². The second kappa shape index (κ2) is 9.06. The maximum Gasteiger partial charge on any atom is 0.309 e. The molecule has 12 heteroatoms. The van der Waals surface area contributed by atoms with Crippen molar-refractivity contribution in [2.45, 2.75) is 32.9 Å². The van der Waals surface area contributed by atoms with Crippen molar-refractivity contribution in [1.29, 1.82) is 0 Å². The monoisotopic (exact) mass is 552 g/mol. The topological polar surface area (TPSA) is 152 Å². The molecule has 0 atom stereocenters. The molecule has 0 radical (unpaired) electrons. The van der Waals surface area contributed by atoms with Crippen LogP contribution in [0.1, 0.15) is 52.3 Å². The summed E-state index contributed by atoms with van der Waals surface area (Å²) in [5.74, 6) is -2.18. The summed E-state index contributed by atoms with van der Waals surface area (Å²) in [6.07, 6.45) is 0. The van der Waals surface area contributed by atoms with E-state index in [9.17, 15) is 19.5 Å². The van der Waals surface area contributed by atoms with Gasteiger partial charge in [0.1, 0.15) is 5.82 Å². The Morgan fingerprint density at radius 1 is 1.19 bits per heavy atom. The molecule has 0 aliphatic rings.